The summed E-state index contributed by atoms with van der Waals surface area (Å²) in [5, 5.41) is 10.4. The lowest BCUT2D eigenvalue weighted by molar-refractivity contribution is 0.205. The highest BCUT2D eigenvalue weighted by atomic mass is 32.2. The number of hydrogen-bond acceptors (Lipinski definition) is 12. The molecule has 2 atom stereocenters. The van der Waals surface area contributed by atoms with Gasteiger partial charge in [0.2, 0.25) is 17.2 Å². The van der Waals surface area contributed by atoms with E-state index >= 15 is 0 Å². The van der Waals surface area contributed by atoms with E-state index in [0.717, 1.165) is 0 Å². The minimum absolute atomic E-state index is 0.0103. The molecule has 2 aliphatic rings. The van der Waals surface area contributed by atoms with E-state index in [1.165, 1.54) is 26.4 Å². The Morgan fingerprint density at radius 3 is 2.24 bits per heavy atom. The van der Waals surface area contributed by atoms with E-state index < -0.39 is 45.7 Å². The average Bonchev–Trinajstić information content (AvgIpc) is 3.01. The molecule has 4 rings (SSSR count). The summed E-state index contributed by atoms with van der Waals surface area (Å²) < 4.78 is 110. The zero-order chi connectivity index (χ0) is 27.2. The first kappa shape index (κ1) is 27.1. The SMILES string of the molecule is COc1cccc(CC(CS(=O)(=O)O)Oc2c(OC)c3c(CCCS(=O)(=O)O)c4c2OP(=O)(O3)O4)c1O. The molecule has 2 aromatic carbocycles. The summed E-state index contributed by atoms with van der Waals surface area (Å²) in [5.74, 6) is -2.45. The third-order valence-electron chi connectivity index (χ3n) is 5.45. The molecule has 2 unspecified atom stereocenters. The van der Waals surface area contributed by atoms with Crippen LogP contribution in [-0.2, 0) is 37.6 Å². The number of phosphoric ester groups is 1. The second kappa shape index (κ2) is 9.76. The number of para-hydroxylation sites is 1. The molecule has 204 valence electrons. The maximum atomic E-state index is 12.8. The Balaban J connectivity index is 1.74. The lowest BCUT2D eigenvalue weighted by Gasteiger charge is -2.24. The molecule has 0 saturated heterocycles. The number of aromatic hydroxyl groups is 1. The van der Waals surface area contributed by atoms with Gasteiger partial charge in [-0.15, -0.1) is 0 Å². The van der Waals surface area contributed by atoms with Crippen LogP contribution in [0.2, 0.25) is 0 Å². The zero-order valence-corrected chi connectivity index (χ0v) is 22.0. The van der Waals surface area contributed by atoms with Crippen molar-refractivity contribution in [3.05, 3.63) is 29.3 Å². The molecule has 3 bridgehead atoms. The molecule has 0 spiro atoms. The predicted molar refractivity (Wildman–Crippen MR) is 126 cm³/mol. The number of hydrogen-bond donors (Lipinski definition) is 3. The van der Waals surface area contributed by atoms with E-state index in [4.69, 9.17) is 32.3 Å². The fourth-order valence-corrected chi connectivity index (χ4v) is 6.48. The molecule has 2 heterocycles. The van der Waals surface area contributed by atoms with Gasteiger partial charge in [0.15, 0.2) is 23.0 Å². The van der Waals surface area contributed by atoms with Crippen LogP contribution in [0, 0.1) is 0 Å². The number of benzene rings is 2. The van der Waals surface area contributed by atoms with E-state index in [0.29, 0.717) is 0 Å². The molecule has 0 amide bonds. The van der Waals surface area contributed by atoms with Crippen molar-refractivity contribution in [1.29, 1.82) is 0 Å². The summed E-state index contributed by atoms with van der Waals surface area (Å²) in [6.45, 7) is 0. The van der Waals surface area contributed by atoms with Crippen molar-refractivity contribution in [3.8, 4) is 40.2 Å². The summed E-state index contributed by atoms with van der Waals surface area (Å²) in [6.07, 6.45) is -1.63. The first-order valence-electron chi connectivity index (χ1n) is 10.6. The number of phosphoric acid groups is 1. The van der Waals surface area contributed by atoms with Gasteiger partial charge in [0.1, 0.15) is 11.9 Å². The highest BCUT2D eigenvalue weighted by molar-refractivity contribution is 7.86. The number of phenols is 1. The average molecular weight is 582 g/mol. The van der Waals surface area contributed by atoms with E-state index in [2.05, 4.69) is 0 Å². The van der Waals surface area contributed by atoms with Gasteiger partial charge in [-0.3, -0.25) is 9.11 Å². The fraction of sp³-hybridized carbons (Fsp3) is 0.400. The van der Waals surface area contributed by atoms with Crippen molar-refractivity contribution in [2.45, 2.75) is 25.4 Å². The van der Waals surface area contributed by atoms with E-state index in [1.54, 1.807) is 6.07 Å². The Morgan fingerprint density at radius 1 is 0.946 bits per heavy atom. The molecule has 14 nitrogen and oxygen atoms in total. The van der Waals surface area contributed by atoms with Crippen LogP contribution in [0.15, 0.2) is 18.2 Å². The maximum Gasteiger partial charge on any atom is 0.647 e. The van der Waals surface area contributed by atoms with Crippen LogP contribution in [0.3, 0.4) is 0 Å². The number of phenolic OH excluding ortho intramolecular Hbond substituents is 1. The van der Waals surface area contributed by atoms with E-state index in [9.17, 15) is 31.1 Å². The monoisotopic (exact) mass is 582 g/mol. The lowest BCUT2D eigenvalue weighted by Crippen LogP contribution is -2.29. The third kappa shape index (κ3) is 5.83. The van der Waals surface area contributed by atoms with Gasteiger partial charge in [-0.2, -0.15) is 21.4 Å². The first-order valence-corrected chi connectivity index (χ1v) is 15.3. The van der Waals surface area contributed by atoms with Crippen molar-refractivity contribution in [3.63, 3.8) is 0 Å². The molecule has 0 aliphatic carbocycles. The Hall–Kier alpha value is -2.91. The van der Waals surface area contributed by atoms with E-state index in [1.807, 2.05) is 0 Å². The molecule has 0 aromatic heterocycles. The number of rotatable bonds is 12. The summed E-state index contributed by atoms with van der Waals surface area (Å²) in [6, 6.07) is 4.55. The second-order valence-corrected chi connectivity index (χ2v) is 12.6. The van der Waals surface area contributed by atoms with Gasteiger partial charge in [0.05, 0.1) is 20.0 Å². The summed E-state index contributed by atoms with van der Waals surface area (Å²) in [7, 11) is -10.4. The van der Waals surface area contributed by atoms with Gasteiger partial charge in [-0.25, -0.2) is 0 Å². The smallest absolute Gasteiger partial charge is 0.504 e. The normalized spacial score (nSPS) is 18.5. The lowest BCUT2D eigenvalue weighted by atomic mass is 10.0. The van der Waals surface area contributed by atoms with Crippen LogP contribution in [0.1, 0.15) is 17.5 Å². The Labute approximate surface area is 212 Å². The van der Waals surface area contributed by atoms with Gasteiger partial charge < -0.3 is 32.9 Å². The highest BCUT2D eigenvalue weighted by Crippen LogP contribution is 2.72. The molecule has 0 radical (unpaired) electrons. The van der Waals surface area contributed by atoms with Gasteiger partial charge in [-0.05, 0) is 18.9 Å². The van der Waals surface area contributed by atoms with Crippen molar-refractivity contribution in [2.75, 3.05) is 25.7 Å². The minimum Gasteiger partial charge on any atom is -0.504 e. The molecule has 0 saturated carbocycles. The Bertz CT molecular complexity index is 1490. The molecule has 2 aromatic rings. The van der Waals surface area contributed by atoms with Crippen molar-refractivity contribution >= 4 is 28.1 Å². The van der Waals surface area contributed by atoms with Crippen LogP contribution in [0.5, 0.6) is 40.2 Å². The number of ether oxygens (including phenoxy) is 3. The number of fused-ring (bicyclic) bond motifs is 2. The van der Waals surface area contributed by atoms with Crippen LogP contribution < -0.4 is 27.8 Å². The maximum absolute atomic E-state index is 12.8. The molecule has 17 heteroatoms. The van der Waals surface area contributed by atoms with Gasteiger partial charge in [0.25, 0.3) is 20.2 Å². The number of methoxy groups -OCH3 is 2. The Morgan fingerprint density at radius 2 is 1.62 bits per heavy atom. The third-order valence-corrected chi connectivity index (χ3v) is 8.26. The molecule has 0 fully saturated rings. The largest absolute Gasteiger partial charge is 0.647 e. The summed E-state index contributed by atoms with van der Waals surface area (Å²) >= 11 is 0. The van der Waals surface area contributed by atoms with Crippen LogP contribution in [0.4, 0.5) is 0 Å². The zero-order valence-electron chi connectivity index (χ0n) is 19.4. The van der Waals surface area contributed by atoms with Crippen molar-refractivity contribution < 1.29 is 63.4 Å². The van der Waals surface area contributed by atoms with Crippen LogP contribution >= 0.6 is 7.82 Å². The summed E-state index contributed by atoms with van der Waals surface area (Å²) in [5.41, 5.74) is 0.475. The van der Waals surface area contributed by atoms with Crippen LogP contribution in [0.25, 0.3) is 0 Å². The molecular weight excluding hydrogens is 559 g/mol. The standard InChI is InChI=1S/C20H23O14PS2/c1-29-14-7-3-5-11(15(14)21)9-12(10-37(26,27)28)31-19-18(30-2)16-13(6-4-8-36(23,24)25)17-20(19)34-35(22,32-16)33-17/h3,5,7,12,21H,4,6,8-10H2,1-2H3,(H,23,24,25)(H,26,27,28). The van der Waals surface area contributed by atoms with Gasteiger partial charge in [-0.1, -0.05) is 12.1 Å². The first-order chi connectivity index (χ1) is 17.2. The van der Waals surface area contributed by atoms with Crippen molar-refractivity contribution in [2.24, 2.45) is 0 Å². The quantitative estimate of drug-likeness (QED) is 0.243. The van der Waals surface area contributed by atoms with Gasteiger partial charge >= 0.3 is 7.82 Å². The second-order valence-electron chi connectivity index (χ2n) is 8.10. The summed E-state index contributed by atoms with van der Waals surface area (Å²) in [4.78, 5) is 0. The fourth-order valence-electron chi connectivity index (χ4n) is 3.98. The molecule has 3 N–H and O–H groups in total. The van der Waals surface area contributed by atoms with Crippen molar-refractivity contribution in [1.82, 2.24) is 0 Å². The Kier molecular flexibility index (Phi) is 7.16. The van der Waals surface area contributed by atoms with Gasteiger partial charge in [0, 0.05) is 17.5 Å². The molecular formula is C20H23O14PS2. The predicted octanol–water partition coefficient (Wildman–Crippen LogP) is 2.38. The molecule has 37 heavy (non-hydrogen) atoms. The van der Waals surface area contributed by atoms with E-state index in [-0.39, 0.29) is 70.6 Å². The van der Waals surface area contributed by atoms with Crippen LogP contribution in [-0.4, -0.2) is 62.9 Å². The topological polar surface area (TPSA) is 201 Å². The highest BCUT2D eigenvalue weighted by Gasteiger charge is 2.53. The molecule has 2 aliphatic heterocycles. The minimum atomic E-state index is -4.59.